The fourth-order valence-corrected chi connectivity index (χ4v) is 10.4. The molecule has 0 aliphatic heterocycles. The normalized spacial score (nSPS) is 15.1. The van der Waals surface area contributed by atoms with Crippen LogP contribution in [-0.2, 0) is 5.41 Å². The SMILES string of the molecule is c1ccc(-c2cccc(-c3nc(-c4ccccc4)nc(-c4cccc5c4-c4ccccc4C54c5cccc6c7cccc8ccc9ccc4c(c56)c9c87)n3)c2)cc1. The van der Waals surface area contributed by atoms with Gasteiger partial charge in [-0.3, -0.25) is 0 Å². The van der Waals surface area contributed by atoms with Crippen LogP contribution < -0.4 is 0 Å². The van der Waals surface area contributed by atoms with E-state index >= 15 is 0 Å². The maximum atomic E-state index is 5.35. The molecule has 0 fully saturated rings. The molecule has 1 aromatic heterocycles. The highest BCUT2D eigenvalue weighted by Gasteiger charge is 2.51. The summed E-state index contributed by atoms with van der Waals surface area (Å²) in [4.78, 5) is 15.8. The molecular formula is C54H31N3. The van der Waals surface area contributed by atoms with Gasteiger partial charge >= 0.3 is 0 Å². The minimum absolute atomic E-state index is 0.511. The van der Waals surface area contributed by atoms with Crippen LogP contribution in [0, 0.1) is 0 Å². The van der Waals surface area contributed by atoms with Crippen LogP contribution in [-0.4, -0.2) is 15.0 Å². The lowest BCUT2D eigenvalue weighted by atomic mass is 9.70. The van der Waals surface area contributed by atoms with Gasteiger partial charge in [-0.15, -0.1) is 0 Å². The highest BCUT2D eigenvalue weighted by Crippen LogP contribution is 2.64. The van der Waals surface area contributed by atoms with Gasteiger partial charge in [0.1, 0.15) is 0 Å². The molecule has 0 saturated carbocycles. The minimum atomic E-state index is -0.511. The molecule has 10 aromatic carbocycles. The second-order valence-electron chi connectivity index (χ2n) is 15.4. The zero-order valence-corrected chi connectivity index (χ0v) is 30.7. The van der Waals surface area contributed by atoms with Gasteiger partial charge < -0.3 is 0 Å². The van der Waals surface area contributed by atoms with Gasteiger partial charge in [-0.05, 0) is 93.7 Å². The zero-order valence-electron chi connectivity index (χ0n) is 30.7. The molecule has 3 nitrogen and oxygen atoms in total. The molecule has 0 bridgehead atoms. The molecule has 3 heteroatoms. The summed E-state index contributed by atoms with van der Waals surface area (Å²) in [6, 6.07) is 68.2. The largest absolute Gasteiger partial charge is 0.208 e. The molecule has 11 aromatic rings. The van der Waals surface area contributed by atoms with E-state index in [0.717, 1.165) is 27.8 Å². The standard InChI is InChI=1S/C54H31N3/c1-3-13-32(14-4-1)36-18-9-19-37(31-36)52-55-51(35-15-5-2-6-16-35)56-53(57-52)41-23-12-25-43-48(41)40-20-7-8-24-42(40)54(43)44-26-11-22-39-38-21-10-17-33-27-28-34-29-30-45(54)50(49(39)44)47(34)46(33)38/h1-31H. The van der Waals surface area contributed by atoms with E-state index in [1.54, 1.807) is 0 Å². The van der Waals surface area contributed by atoms with Crippen molar-refractivity contribution in [2.24, 2.45) is 0 Å². The van der Waals surface area contributed by atoms with Gasteiger partial charge in [0.25, 0.3) is 0 Å². The monoisotopic (exact) mass is 721 g/mol. The molecule has 0 N–H and O–H groups in total. The average Bonchev–Trinajstić information content (AvgIpc) is 3.77. The Kier molecular flexibility index (Phi) is 6.10. The van der Waals surface area contributed by atoms with Gasteiger partial charge in [-0.2, -0.15) is 0 Å². The summed E-state index contributed by atoms with van der Waals surface area (Å²) in [7, 11) is 0. The quantitative estimate of drug-likeness (QED) is 0.134. The molecule has 2 aliphatic rings. The van der Waals surface area contributed by atoms with Crippen molar-refractivity contribution in [1.29, 1.82) is 0 Å². The van der Waals surface area contributed by atoms with E-state index in [-0.39, 0.29) is 0 Å². The van der Waals surface area contributed by atoms with Crippen molar-refractivity contribution in [3.05, 3.63) is 210 Å². The van der Waals surface area contributed by atoms with Crippen molar-refractivity contribution in [2.45, 2.75) is 5.41 Å². The van der Waals surface area contributed by atoms with Crippen LogP contribution in [0.2, 0.25) is 0 Å². The zero-order chi connectivity index (χ0) is 37.2. The van der Waals surface area contributed by atoms with Gasteiger partial charge in [0, 0.05) is 16.7 Å². The summed E-state index contributed by atoms with van der Waals surface area (Å²) < 4.78 is 0. The highest BCUT2D eigenvalue weighted by atomic mass is 15.0. The molecule has 1 unspecified atom stereocenters. The summed E-state index contributed by atoms with van der Waals surface area (Å²) in [6.45, 7) is 0. The van der Waals surface area contributed by atoms with Gasteiger partial charge in [-0.1, -0.05) is 182 Å². The fourth-order valence-electron chi connectivity index (χ4n) is 10.4. The maximum absolute atomic E-state index is 5.35. The van der Waals surface area contributed by atoms with E-state index in [1.165, 1.54) is 76.5 Å². The number of aromatic nitrogens is 3. The summed E-state index contributed by atoms with van der Waals surface area (Å²) in [6.07, 6.45) is 0. The van der Waals surface area contributed by atoms with Crippen LogP contribution in [0.4, 0.5) is 0 Å². The molecule has 1 heterocycles. The van der Waals surface area contributed by atoms with Crippen LogP contribution in [0.3, 0.4) is 0 Å². The molecule has 0 radical (unpaired) electrons. The third-order valence-electron chi connectivity index (χ3n) is 12.6. The van der Waals surface area contributed by atoms with E-state index in [4.69, 9.17) is 15.0 Å². The van der Waals surface area contributed by atoms with Gasteiger partial charge in [-0.25, -0.2) is 15.0 Å². The van der Waals surface area contributed by atoms with Crippen LogP contribution in [0.25, 0.3) is 99.5 Å². The maximum Gasteiger partial charge on any atom is 0.164 e. The van der Waals surface area contributed by atoms with Crippen molar-refractivity contribution in [2.75, 3.05) is 0 Å². The number of hydrogen-bond acceptors (Lipinski definition) is 3. The van der Waals surface area contributed by atoms with E-state index < -0.39 is 5.41 Å². The Morgan fingerprint density at radius 1 is 0.298 bits per heavy atom. The summed E-state index contributed by atoms with van der Waals surface area (Å²) in [5.74, 6) is 1.96. The van der Waals surface area contributed by atoms with E-state index in [0.29, 0.717) is 17.5 Å². The van der Waals surface area contributed by atoms with Crippen LogP contribution >= 0.6 is 0 Å². The smallest absolute Gasteiger partial charge is 0.164 e. The number of hydrogen-bond donors (Lipinski definition) is 0. The van der Waals surface area contributed by atoms with Crippen molar-refractivity contribution in [3.63, 3.8) is 0 Å². The highest BCUT2D eigenvalue weighted by molar-refractivity contribution is 6.36. The predicted molar refractivity (Wildman–Crippen MR) is 234 cm³/mol. The van der Waals surface area contributed by atoms with Gasteiger partial charge in [0.2, 0.25) is 0 Å². The van der Waals surface area contributed by atoms with Crippen molar-refractivity contribution >= 4 is 43.1 Å². The Labute approximate surface area is 328 Å². The molecule has 262 valence electrons. The van der Waals surface area contributed by atoms with Crippen molar-refractivity contribution in [3.8, 4) is 56.4 Å². The molecule has 0 amide bonds. The third kappa shape index (κ3) is 4.02. The lowest BCUT2D eigenvalue weighted by Gasteiger charge is -2.31. The molecule has 1 atom stereocenters. The lowest BCUT2D eigenvalue weighted by Crippen LogP contribution is -2.26. The first-order valence-corrected chi connectivity index (χ1v) is 19.6. The molecule has 57 heavy (non-hydrogen) atoms. The third-order valence-corrected chi connectivity index (χ3v) is 12.6. The first kappa shape index (κ1) is 30.8. The lowest BCUT2D eigenvalue weighted by molar-refractivity contribution is 0.797. The van der Waals surface area contributed by atoms with Crippen molar-refractivity contribution < 1.29 is 0 Å². The van der Waals surface area contributed by atoms with Gasteiger partial charge in [0.15, 0.2) is 17.5 Å². The Hall–Kier alpha value is -7.49. The second kappa shape index (κ2) is 11.3. The minimum Gasteiger partial charge on any atom is -0.208 e. The molecule has 2 aliphatic carbocycles. The second-order valence-corrected chi connectivity index (χ2v) is 15.4. The van der Waals surface area contributed by atoms with E-state index in [1.807, 2.05) is 24.3 Å². The Balaban J connectivity index is 1.11. The Bertz CT molecular complexity index is 3460. The predicted octanol–water partition coefficient (Wildman–Crippen LogP) is 13.3. The summed E-state index contributed by atoms with van der Waals surface area (Å²) in [5.41, 5.74) is 12.3. The average molecular weight is 722 g/mol. The van der Waals surface area contributed by atoms with Gasteiger partial charge in [0.05, 0.1) is 5.41 Å². The van der Waals surface area contributed by atoms with E-state index in [9.17, 15) is 0 Å². The molecule has 13 rings (SSSR count). The fraction of sp³-hybridized carbons (Fsp3) is 0.0185. The van der Waals surface area contributed by atoms with Crippen LogP contribution in [0.5, 0.6) is 0 Å². The summed E-state index contributed by atoms with van der Waals surface area (Å²) in [5, 5.41) is 10.7. The number of benzene rings is 10. The van der Waals surface area contributed by atoms with Crippen LogP contribution in [0.1, 0.15) is 22.3 Å². The molecule has 1 spiro atoms. The topological polar surface area (TPSA) is 38.7 Å². The molecular weight excluding hydrogens is 691 g/mol. The Morgan fingerprint density at radius 2 is 0.842 bits per heavy atom. The first-order valence-electron chi connectivity index (χ1n) is 19.6. The number of fused-ring (bicyclic) bond motifs is 8. The van der Waals surface area contributed by atoms with Crippen molar-refractivity contribution in [1.82, 2.24) is 15.0 Å². The first-order chi connectivity index (χ1) is 28.3. The summed E-state index contributed by atoms with van der Waals surface area (Å²) >= 11 is 0. The van der Waals surface area contributed by atoms with Crippen LogP contribution in [0.15, 0.2) is 188 Å². The molecule has 0 saturated heterocycles. The number of rotatable bonds is 4. The Morgan fingerprint density at radius 3 is 1.68 bits per heavy atom. The number of nitrogens with zero attached hydrogens (tertiary/aromatic N) is 3. The van der Waals surface area contributed by atoms with E-state index in [2.05, 4.69) is 164 Å².